The van der Waals surface area contributed by atoms with E-state index in [2.05, 4.69) is 75.4 Å². The molecule has 4 heterocycles. The molecule has 4 rings (SSSR count). The van der Waals surface area contributed by atoms with E-state index in [0.29, 0.717) is 24.2 Å². The average Bonchev–Trinajstić information content (AvgIpc) is 4.11. The quantitative estimate of drug-likeness (QED) is 0.0651. The van der Waals surface area contributed by atoms with Crippen LogP contribution >= 0.6 is 0 Å². The molecule has 346 valence electrons. The zero-order chi connectivity index (χ0) is 43.0. The molecule has 0 saturated carbocycles. The number of rotatable bonds is 31. The van der Waals surface area contributed by atoms with Gasteiger partial charge in [-0.3, -0.25) is 0 Å². The highest BCUT2D eigenvalue weighted by Crippen LogP contribution is 2.17. The van der Waals surface area contributed by atoms with Gasteiger partial charge in [-0.25, -0.2) is 20.0 Å². The van der Waals surface area contributed by atoms with E-state index in [4.69, 9.17) is 18.9 Å². The molecule has 0 radical (unpaired) electrons. The number of hydrogen-bond acceptors (Lipinski definition) is 8. The van der Waals surface area contributed by atoms with Crippen molar-refractivity contribution >= 4 is 23.6 Å². The van der Waals surface area contributed by atoms with Gasteiger partial charge in [0.05, 0.1) is 24.2 Å². The van der Waals surface area contributed by atoms with Crippen molar-refractivity contribution in [2.75, 3.05) is 26.4 Å². The first kappa shape index (κ1) is 54.9. The second-order valence-electron chi connectivity index (χ2n) is 17.3. The van der Waals surface area contributed by atoms with Crippen LogP contribution in [0.2, 0.25) is 0 Å². The third-order valence-corrected chi connectivity index (χ3v) is 11.7. The van der Waals surface area contributed by atoms with Crippen LogP contribution < -0.4 is 0 Å². The zero-order valence-electron chi connectivity index (χ0n) is 40.5. The molecule has 4 atom stereocenters. The third-order valence-electron chi connectivity index (χ3n) is 11.7. The molecular formula is C51H98N4O4. The molecule has 4 aliphatic rings. The molecule has 0 fully saturated rings. The van der Waals surface area contributed by atoms with E-state index in [9.17, 15) is 0 Å². The van der Waals surface area contributed by atoms with Gasteiger partial charge < -0.3 is 18.9 Å². The molecule has 0 bridgehead atoms. The Labute approximate surface area is 366 Å². The van der Waals surface area contributed by atoms with Gasteiger partial charge in [0.1, 0.15) is 26.4 Å². The van der Waals surface area contributed by atoms with Crippen molar-refractivity contribution in [3.05, 3.63) is 0 Å². The van der Waals surface area contributed by atoms with E-state index in [1.54, 1.807) is 0 Å². The molecule has 0 N–H and O–H groups in total. The van der Waals surface area contributed by atoms with Gasteiger partial charge in [0.25, 0.3) is 0 Å². The van der Waals surface area contributed by atoms with E-state index < -0.39 is 0 Å². The van der Waals surface area contributed by atoms with Gasteiger partial charge in [-0.2, -0.15) is 0 Å². The SMILES string of the molecule is CCCCCC1=NC(CC)CO1.CCCCCCCC1=NC(CC)CO1.CCCCCCCCCC1=NC(CC)CO1.CCCCCCCCCCC1=NC(CC)CO1. The smallest absolute Gasteiger partial charge is 0.183 e. The van der Waals surface area contributed by atoms with Crippen LogP contribution in [0.25, 0.3) is 0 Å². The lowest BCUT2D eigenvalue weighted by Crippen LogP contribution is -2.03. The van der Waals surface area contributed by atoms with Gasteiger partial charge in [-0.05, 0) is 51.4 Å². The molecule has 4 aliphatic heterocycles. The molecule has 0 aliphatic carbocycles. The first-order valence-electron chi connectivity index (χ1n) is 25.7. The Balaban J connectivity index is 0.000000396. The van der Waals surface area contributed by atoms with Crippen molar-refractivity contribution in [2.45, 2.75) is 279 Å². The van der Waals surface area contributed by atoms with Gasteiger partial charge in [0.15, 0.2) is 23.6 Å². The minimum absolute atomic E-state index is 0.444. The fraction of sp³-hybridized carbons (Fsp3) is 0.922. The van der Waals surface area contributed by atoms with Crippen LogP contribution in [0, 0.1) is 0 Å². The fourth-order valence-electron chi connectivity index (χ4n) is 7.32. The molecule has 0 spiro atoms. The molecule has 4 unspecified atom stereocenters. The largest absolute Gasteiger partial charge is 0.479 e. The average molecular weight is 831 g/mol. The molecular weight excluding hydrogens is 733 g/mol. The lowest BCUT2D eigenvalue weighted by molar-refractivity contribution is 0.306. The van der Waals surface area contributed by atoms with Crippen LogP contribution in [0.3, 0.4) is 0 Å². The van der Waals surface area contributed by atoms with Gasteiger partial charge in [0, 0.05) is 25.7 Å². The van der Waals surface area contributed by atoms with Crippen molar-refractivity contribution in [2.24, 2.45) is 20.0 Å². The third kappa shape index (κ3) is 30.5. The van der Waals surface area contributed by atoms with Crippen LogP contribution in [0.4, 0.5) is 0 Å². The summed E-state index contributed by atoms with van der Waals surface area (Å²) in [6.45, 7) is 21.0. The van der Waals surface area contributed by atoms with E-state index >= 15 is 0 Å². The lowest BCUT2D eigenvalue weighted by atomic mass is 10.1. The Hall–Kier alpha value is -2.12. The summed E-state index contributed by atoms with van der Waals surface area (Å²) in [6, 6.07) is 1.78. The highest BCUT2D eigenvalue weighted by molar-refractivity contribution is 5.78. The number of unbranched alkanes of at least 4 members (excludes halogenated alkanes) is 19. The predicted octanol–water partition coefficient (Wildman–Crippen LogP) is 15.4. The molecule has 0 aromatic carbocycles. The molecule has 0 amide bonds. The Morgan fingerprint density at radius 2 is 0.475 bits per heavy atom. The number of hydrogen-bond donors (Lipinski definition) is 0. The summed E-state index contributed by atoms with van der Waals surface area (Å²) in [4.78, 5) is 18.1. The summed E-state index contributed by atoms with van der Waals surface area (Å²) in [6.07, 6.45) is 39.5. The molecule has 0 aromatic heterocycles. The fourth-order valence-corrected chi connectivity index (χ4v) is 7.32. The zero-order valence-corrected chi connectivity index (χ0v) is 40.5. The Morgan fingerprint density at radius 3 is 0.678 bits per heavy atom. The Kier molecular flexibility index (Phi) is 37.2. The maximum atomic E-state index is 5.57. The van der Waals surface area contributed by atoms with Crippen molar-refractivity contribution in [3.63, 3.8) is 0 Å². The van der Waals surface area contributed by atoms with Crippen LogP contribution in [-0.4, -0.2) is 74.2 Å². The molecule has 0 aromatic rings. The highest BCUT2D eigenvalue weighted by atomic mass is 16.5. The van der Waals surface area contributed by atoms with Gasteiger partial charge in [-0.15, -0.1) is 0 Å². The Morgan fingerprint density at radius 1 is 0.288 bits per heavy atom. The summed E-state index contributed by atoms with van der Waals surface area (Å²) in [5, 5.41) is 0. The summed E-state index contributed by atoms with van der Waals surface area (Å²) in [5.41, 5.74) is 0. The molecule has 59 heavy (non-hydrogen) atoms. The summed E-state index contributed by atoms with van der Waals surface area (Å²) in [5.74, 6) is 4.03. The first-order valence-corrected chi connectivity index (χ1v) is 25.7. The summed E-state index contributed by atoms with van der Waals surface area (Å²) in [7, 11) is 0. The number of ether oxygens (including phenoxy) is 4. The molecule has 0 saturated heterocycles. The van der Waals surface area contributed by atoms with Gasteiger partial charge in [-0.1, -0.05) is 177 Å². The minimum Gasteiger partial charge on any atom is -0.479 e. The second kappa shape index (κ2) is 40.0. The Bertz CT molecular complexity index is 1080. The molecule has 8 nitrogen and oxygen atoms in total. The maximum Gasteiger partial charge on any atom is 0.183 e. The first-order chi connectivity index (χ1) is 29.0. The standard InChI is InChI=1S/C15H29NO.C14H27NO.C12H23NO.C10H19NO/c1-3-5-6-7-8-9-10-11-12-15-16-14(4-2)13-17-15;1-3-5-6-7-8-9-10-11-14-15-13(4-2)12-16-14;1-3-5-6-7-8-9-12-13-11(4-2)10-14-12;1-3-5-6-7-10-11-9(4-2)8-12-10/h14H,3-13H2,1-2H3;13H,3-12H2,1-2H3;11H,3-10H2,1-2H3;9H,3-8H2,1-2H3. The van der Waals surface area contributed by atoms with Gasteiger partial charge >= 0.3 is 0 Å². The number of nitrogens with zero attached hydrogens (tertiary/aromatic N) is 4. The normalized spacial score (nSPS) is 20.3. The van der Waals surface area contributed by atoms with Crippen molar-refractivity contribution < 1.29 is 18.9 Å². The minimum atomic E-state index is 0.444. The van der Waals surface area contributed by atoms with Crippen molar-refractivity contribution in [3.8, 4) is 0 Å². The second-order valence-corrected chi connectivity index (χ2v) is 17.3. The maximum absolute atomic E-state index is 5.57. The van der Waals surface area contributed by atoms with Gasteiger partial charge in [0.2, 0.25) is 0 Å². The summed E-state index contributed by atoms with van der Waals surface area (Å²) < 4.78 is 22.1. The van der Waals surface area contributed by atoms with E-state index in [-0.39, 0.29) is 0 Å². The van der Waals surface area contributed by atoms with Crippen molar-refractivity contribution in [1.29, 1.82) is 0 Å². The summed E-state index contributed by atoms with van der Waals surface area (Å²) >= 11 is 0. The molecule has 8 heteroatoms. The van der Waals surface area contributed by atoms with E-state index in [1.807, 2.05) is 0 Å². The predicted molar refractivity (Wildman–Crippen MR) is 257 cm³/mol. The van der Waals surface area contributed by atoms with Crippen LogP contribution in [-0.2, 0) is 18.9 Å². The van der Waals surface area contributed by atoms with E-state index in [0.717, 1.165) is 101 Å². The number of aliphatic imine (C=N–C) groups is 4. The monoisotopic (exact) mass is 831 g/mol. The highest BCUT2D eigenvalue weighted by Gasteiger charge is 2.18. The van der Waals surface area contributed by atoms with Crippen LogP contribution in [0.5, 0.6) is 0 Å². The van der Waals surface area contributed by atoms with Crippen molar-refractivity contribution in [1.82, 2.24) is 0 Å². The van der Waals surface area contributed by atoms with E-state index in [1.165, 1.54) is 148 Å². The topological polar surface area (TPSA) is 86.4 Å². The lowest BCUT2D eigenvalue weighted by Gasteiger charge is -2.02. The van der Waals surface area contributed by atoms with Crippen LogP contribution in [0.15, 0.2) is 20.0 Å². The van der Waals surface area contributed by atoms with Crippen LogP contribution in [0.1, 0.15) is 254 Å².